The zero-order valence-electron chi connectivity index (χ0n) is 8.62. The van der Waals surface area contributed by atoms with Gasteiger partial charge in [0.1, 0.15) is 5.78 Å². The zero-order valence-corrected chi connectivity index (χ0v) is 8.62. The van der Waals surface area contributed by atoms with E-state index in [0.29, 0.717) is 12.2 Å². The van der Waals surface area contributed by atoms with E-state index in [1.165, 1.54) is 0 Å². The molecule has 1 heteroatoms. The number of ketones is 1. The molecule has 0 radical (unpaired) electrons. The molecule has 0 aromatic rings. The summed E-state index contributed by atoms with van der Waals surface area (Å²) in [5.74, 6) is 0.352. The van der Waals surface area contributed by atoms with Gasteiger partial charge in [-0.25, -0.2) is 0 Å². The first-order chi connectivity index (χ1) is 4.63. The lowest BCUT2D eigenvalue weighted by Crippen LogP contribution is -2.25. The van der Waals surface area contributed by atoms with E-state index in [-0.39, 0.29) is 18.3 Å². The van der Waals surface area contributed by atoms with Crippen LogP contribution >= 0.6 is 0 Å². The molecule has 0 rings (SSSR count). The minimum atomic E-state index is -0.173. The molecule has 0 unspecified atom stereocenters. The average Bonchev–Trinajstić information content (AvgIpc) is 1.56. The van der Waals surface area contributed by atoms with Crippen molar-refractivity contribution < 1.29 is 4.79 Å². The predicted molar refractivity (Wildman–Crippen MR) is 55.3 cm³/mol. The summed E-state index contributed by atoms with van der Waals surface area (Å²) >= 11 is 0. The van der Waals surface area contributed by atoms with Crippen LogP contribution in [0.5, 0.6) is 0 Å². The Kier molecular flexibility index (Phi) is 4.81. The predicted octanol–water partition coefficient (Wildman–Crippen LogP) is 3.67. The molecule has 12 heavy (non-hydrogen) atoms. The summed E-state index contributed by atoms with van der Waals surface area (Å²) < 4.78 is 0. The first kappa shape index (κ1) is 14.2. The van der Waals surface area contributed by atoms with Crippen LogP contribution < -0.4 is 0 Å². The molecular formula is C11H24O. The molecule has 0 aromatic carbocycles. The summed E-state index contributed by atoms with van der Waals surface area (Å²) in [6.07, 6.45) is 0.677. The topological polar surface area (TPSA) is 17.1 Å². The van der Waals surface area contributed by atoms with Crippen molar-refractivity contribution in [1.29, 1.82) is 0 Å². The molecule has 0 amide bonds. The summed E-state index contributed by atoms with van der Waals surface area (Å²) in [4.78, 5) is 11.5. The Morgan fingerprint density at radius 2 is 1.33 bits per heavy atom. The van der Waals surface area contributed by atoms with Crippen LogP contribution in [0.2, 0.25) is 0 Å². The van der Waals surface area contributed by atoms with Gasteiger partial charge in [0.25, 0.3) is 0 Å². The Balaban J connectivity index is 0. The van der Waals surface area contributed by atoms with Crippen LogP contribution in [0.3, 0.4) is 0 Å². The van der Waals surface area contributed by atoms with Crippen LogP contribution in [-0.4, -0.2) is 5.78 Å². The van der Waals surface area contributed by atoms with Crippen molar-refractivity contribution in [3.8, 4) is 0 Å². The summed E-state index contributed by atoms with van der Waals surface area (Å²) in [5.41, 5.74) is -0.0440. The third-order valence-corrected chi connectivity index (χ3v) is 1.53. The first-order valence-electron chi connectivity index (χ1n) is 4.16. The molecule has 0 heterocycles. The smallest absolute Gasteiger partial charge is 0.138 e. The van der Waals surface area contributed by atoms with E-state index in [4.69, 9.17) is 0 Å². The largest absolute Gasteiger partial charge is 0.299 e. The summed E-state index contributed by atoms with van der Waals surface area (Å²) in [6.45, 7) is 12.2. The van der Waals surface area contributed by atoms with E-state index < -0.39 is 0 Å². The van der Waals surface area contributed by atoms with Crippen molar-refractivity contribution in [3.05, 3.63) is 0 Å². The third-order valence-electron chi connectivity index (χ3n) is 1.53. The van der Waals surface area contributed by atoms with Crippen LogP contribution in [0, 0.1) is 10.8 Å². The quantitative estimate of drug-likeness (QED) is 0.589. The van der Waals surface area contributed by atoms with E-state index in [0.717, 1.165) is 0 Å². The van der Waals surface area contributed by atoms with Gasteiger partial charge in [-0.2, -0.15) is 0 Å². The second-order valence-corrected chi connectivity index (χ2v) is 5.41. The maximum atomic E-state index is 11.5. The standard InChI is InChI=1S/C10H20O.CH4/c1-9(2,3)7-8(11)10(4,5)6;/h7H2,1-6H3;1H4. The molecule has 0 spiro atoms. The van der Waals surface area contributed by atoms with Gasteiger partial charge in [0.2, 0.25) is 0 Å². The number of rotatable bonds is 1. The van der Waals surface area contributed by atoms with Crippen molar-refractivity contribution in [2.24, 2.45) is 10.8 Å². The lowest BCUT2D eigenvalue weighted by molar-refractivity contribution is -0.128. The highest BCUT2D eigenvalue weighted by molar-refractivity contribution is 5.84. The first-order valence-corrected chi connectivity index (χ1v) is 4.16. The monoisotopic (exact) mass is 172 g/mol. The average molecular weight is 172 g/mol. The molecular weight excluding hydrogens is 148 g/mol. The molecule has 0 aliphatic heterocycles. The minimum Gasteiger partial charge on any atom is -0.299 e. The summed E-state index contributed by atoms with van der Waals surface area (Å²) in [5, 5.41) is 0. The minimum absolute atomic E-state index is 0. The highest BCUT2D eigenvalue weighted by Gasteiger charge is 2.25. The van der Waals surface area contributed by atoms with Gasteiger partial charge in [0.05, 0.1) is 0 Å². The molecule has 1 nitrogen and oxygen atoms in total. The zero-order chi connectivity index (χ0) is 9.28. The number of carbonyl (C=O) groups excluding carboxylic acids is 1. The SMILES string of the molecule is C.CC(C)(C)CC(=O)C(C)(C)C. The molecule has 0 N–H and O–H groups in total. The Morgan fingerprint density at radius 3 is 1.42 bits per heavy atom. The van der Waals surface area contributed by atoms with Crippen LogP contribution in [0.15, 0.2) is 0 Å². The molecule has 0 aromatic heterocycles. The fourth-order valence-electron chi connectivity index (χ4n) is 0.747. The van der Waals surface area contributed by atoms with Crippen molar-refractivity contribution in [1.82, 2.24) is 0 Å². The second kappa shape index (κ2) is 4.06. The molecule has 0 bridgehead atoms. The van der Waals surface area contributed by atoms with Crippen molar-refractivity contribution in [2.75, 3.05) is 0 Å². The van der Waals surface area contributed by atoms with E-state index in [1.54, 1.807) is 0 Å². The Hall–Kier alpha value is -0.330. The number of carbonyl (C=O) groups is 1. The summed E-state index contributed by atoms with van der Waals surface area (Å²) in [7, 11) is 0. The Labute approximate surface area is 77.6 Å². The van der Waals surface area contributed by atoms with Crippen LogP contribution in [0.4, 0.5) is 0 Å². The van der Waals surface area contributed by atoms with Gasteiger partial charge in [0.15, 0.2) is 0 Å². The summed E-state index contributed by atoms with van der Waals surface area (Å²) in [6, 6.07) is 0. The van der Waals surface area contributed by atoms with E-state index >= 15 is 0 Å². The van der Waals surface area contributed by atoms with E-state index in [9.17, 15) is 4.79 Å². The second-order valence-electron chi connectivity index (χ2n) is 5.41. The lowest BCUT2D eigenvalue weighted by Gasteiger charge is -2.23. The van der Waals surface area contributed by atoms with Crippen LogP contribution in [0.1, 0.15) is 55.4 Å². The maximum Gasteiger partial charge on any atom is 0.138 e. The van der Waals surface area contributed by atoms with Gasteiger partial charge in [-0.3, -0.25) is 4.79 Å². The van der Waals surface area contributed by atoms with Crippen LogP contribution in [0.25, 0.3) is 0 Å². The van der Waals surface area contributed by atoms with Gasteiger partial charge >= 0.3 is 0 Å². The number of hydrogen-bond acceptors (Lipinski definition) is 1. The lowest BCUT2D eigenvalue weighted by atomic mass is 9.80. The third kappa shape index (κ3) is 6.38. The van der Waals surface area contributed by atoms with Crippen molar-refractivity contribution in [3.63, 3.8) is 0 Å². The Bertz CT molecular complexity index is 143. The number of Topliss-reactive ketones (excluding diaryl/α,β-unsaturated/α-hetero) is 1. The molecule has 0 saturated heterocycles. The molecule has 0 saturated carbocycles. The fraction of sp³-hybridized carbons (Fsp3) is 0.909. The Morgan fingerprint density at radius 1 is 1.00 bits per heavy atom. The molecule has 0 atom stereocenters. The van der Waals surface area contributed by atoms with Gasteiger partial charge in [-0.1, -0.05) is 49.0 Å². The highest BCUT2D eigenvalue weighted by atomic mass is 16.1. The van der Waals surface area contributed by atoms with E-state index in [2.05, 4.69) is 20.8 Å². The van der Waals surface area contributed by atoms with Gasteiger partial charge in [-0.15, -0.1) is 0 Å². The van der Waals surface area contributed by atoms with Crippen molar-refractivity contribution in [2.45, 2.75) is 55.4 Å². The number of hydrogen-bond donors (Lipinski definition) is 0. The highest BCUT2D eigenvalue weighted by Crippen LogP contribution is 2.26. The maximum absolute atomic E-state index is 11.5. The molecule has 0 fully saturated rings. The molecule has 74 valence electrons. The molecule has 0 aliphatic carbocycles. The van der Waals surface area contributed by atoms with Gasteiger partial charge in [-0.05, 0) is 5.41 Å². The molecule has 0 aliphatic rings. The fourth-order valence-corrected chi connectivity index (χ4v) is 0.747. The normalized spacial score (nSPS) is 12.2. The van der Waals surface area contributed by atoms with E-state index in [1.807, 2.05) is 20.8 Å². The van der Waals surface area contributed by atoms with Crippen LogP contribution in [-0.2, 0) is 4.79 Å². The van der Waals surface area contributed by atoms with Crippen molar-refractivity contribution >= 4 is 5.78 Å². The van der Waals surface area contributed by atoms with Gasteiger partial charge in [0, 0.05) is 11.8 Å². The van der Waals surface area contributed by atoms with Gasteiger partial charge < -0.3 is 0 Å².